The number of aryl methyl sites for hydroxylation is 1. The highest BCUT2D eigenvalue weighted by Crippen LogP contribution is 2.17. The molecule has 2 N–H and O–H groups in total. The van der Waals surface area contributed by atoms with Crippen molar-refractivity contribution in [2.45, 2.75) is 51.6 Å². The molecule has 0 heterocycles. The van der Waals surface area contributed by atoms with E-state index < -0.39 is 0 Å². The molecule has 4 nitrogen and oxygen atoms in total. The lowest BCUT2D eigenvalue weighted by Gasteiger charge is -2.22. The Morgan fingerprint density at radius 2 is 2.14 bits per heavy atom. The van der Waals surface area contributed by atoms with E-state index in [1.54, 1.807) is 0 Å². The van der Waals surface area contributed by atoms with Crippen molar-refractivity contribution in [3.63, 3.8) is 0 Å². The molecule has 1 fully saturated rings. The molecule has 1 aliphatic rings. The number of hydrogen-bond acceptors (Lipinski definition) is 3. The zero-order valence-electron chi connectivity index (χ0n) is 13.1. The number of benzene rings is 1. The van der Waals surface area contributed by atoms with Gasteiger partial charge in [-0.05, 0) is 25.3 Å². The highest BCUT2D eigenvalue weighted by atomic mass is 16.1. The van der Waals surface area contributed by atoms with Gasteiger partial charge in [-0.15, -0.1) is 0 Å². The second-order valence-corrected chi connectivity index (χ2v) is 5.85. The lowest BCUT2D eigenvalue weighted by Crippen LogP contribution is -2.37. The van der Waals surface area contributed by atoms with E-state index in [9.17, 15) is 4.79 Å². The number of rotatable bonds is 5. The average Bonchev–Trinajstić information content (AvgIpc) is 2.52. The molecule has 1 aromatic rings. The molecule has 0 atom stereocenters. The summed E-state index contributed by atoms with van der Waals surface area (Å²) in [5.74, 6) is -0.272. The highest BCUT2D eigenvalue weighted by Gasteiger charge is 2.17. The number of hydrogen-bond donors (Lipinski definition) is 2. The third kappa shape index (κ3) is 4.92. The van der Waals surface area contributed by atoms with Gasteiger partial charge >= 0.3 is 0 Å². The molecule has 0 bridgehead atoms. The molecule has 1 aromatic carbocycles. The minimum atomic E-state index is -0.272. The summed E-state index contributed by atoms with van der Waals surface area (Å²) in [5.41, 5.74) is 2.46. The maximum absolute atomic E-state index is 12.1. The molecule has 0 saturated heterocycles. The van der Waals surface area contributed by atoms with E-state index >= 15 is 0 Å². The summed E-state index contributed by atoms with van der Waals surface area (Å²) in [7, 11) is 0. The third-order valence-corrected chi connectivity index (χ3v) is 3.94. The molecule has 0 aromatic heterocycles. The number of amides is 1. The Kier molecular flexibility index (Phi) is 6.02. The second-order valence-electron chi connectivity index (χ2n) is 5.85. The number of nitriles is 1. The Labute approximate surface area is 132 Å². The Morgan fingerprint density at radius 3 is 2.82 bits per heavy atom. The SMILES string of the molecule is Cc1cccc(CN/C=C(/C#N)C(=O)NC2CCCCC2)c1. The van der Waals surface area contributed by atoms with Crippen LogP contribution in [0, 0.1) is 18.3 Å². The van der Waals surface area contributed by atoms with Crippen molar-refractivity contribution < 1.29 is 4.79 Å². The first-order valence-electron chi connectivity index (χ1n) is 7.89. The lowest BCUT2D eigenvalue weighted by atomic mass is 9.95. The van der Waals surface area contributed by atoms with Crippen LogP contribution in [0.4, 0.5) is 0 Å². The van der Waals surface area contributed by atoms with Crippen LogP contribution in [-0.4, -0.2) is 11.9 Å². The van der Waals surface area contributed by atoms with Gasteiger partial charge in [-0.3, -0.25) is 4.79 Å². The van der Waals surface area contributed by atoms with Crippen molar-refractivity contribution in [2.24, 2.45) is 0 Å². The normalized spacial score (nSPS) is 15.9. The fraction of sp³-hybridized carbons (Fsp3) is 0.444. The average molecular weight is 297 g/mol. The van der Waals surface area contributed by atoms with Crippen LogP contribution in [0.2, 0.25) is 0 Å². The summed E-state index contributed by atoms with van der Waals surface area (Å²) in [4.78, 5) is 12.1. The quantitative estimate of drug-likeness (QED) is 0.648. The van der Waals surface area contributed by atoms with Crippen LogP contribution in [0.3, 0.4) is 0 Å². The van der Waals surface area contributed by atoms with Crippen LogP contribution in [0.5, 0.6) is 0 Å². The van der Waals surface area contributed by atoms with Crippen molar-refractivity contribution in [2.75, 3.05) is 0 Å². The van der Waals surface area contributed by atoms with Crippen molar-refractivity contribution >= 4 is 5.91 Å². The zero-order valence-corrected chi connectivity index (χ0v) is 13.1. The summed E-state index contributed by atoms with van der Waals surface area (Å²) >= 11 is 0. The van der Waals surface area contributed by atoms with Gasteiger partial charge in [0, 0.05) is 18.8 Å². The minimum absolute atomic E-state index is 0.137. The topological polar surface area (TPSA) is 64.9 Å². The van der Waals surface area contributed by atoms with Gasteiger partial charge in [-0.25, -0.2) is 0 Å². The van der Waals surface area contributed by atoms with Crippen LogP contribution < -0.4 is 10.6 Å². The van der Waals surface area contributed by atoms with E-state index in [2.05, 4.69) is 16.7 Å². The predicted molar refractivity (Wildman–Crippen MR) is 86.7 cm³/mol. The van der Waals surface area contributed by atoms with E-state index in [1.165, 1.54) is 18.2 Å². The van der Waals surface area contributed by atoms with Crippen LogP contribution >= 0.6 is 0 Å². The molecule has 4 heteroatoms. The van der Waals surface area contributed by atoms with Gasteiger partial charge in [-0.2, -0.15) is 5.26 Å². The van der Waals surface area contributed by atoms with Crippen molar-refractivity contribution in [3.8, 4) is 6.07 Å². The first-order chi connectivity index (χ1) is 10.7. The molecular formula is C18H23N3O. The van der Waals surface area contributed by atoms with Crippen LogP contribution in [-0.2, 0) is 11.3 Å². The monoisotopic (exact) mass is 297 g/mol. The van der Waals surface area contributed by atoms with Crippen molar-refractivity contribution in [1.29, 1.82) is 5.26 Å². The van der Waals surface area contributed by atoms with E-state index in [0.29, 0.717) is 6.54 Å². The maximum Gasteiger partial charge on any atom is 0.263 e. The van der Waals surface area contributed by atoms with E-state index in [-0.39, 0.29) is 17.5 Å². The summed E-state index contributed by atoms with van der Waals surface area (Å²) < 4.78 is 0. The molecule has 0 radical (unpaired) electrons. The molecular weight excluding hydrogens is 274 g/mol. The number of nitrogens with one attached hydrogen (secondary N) is 2. The summed E-state index contributed by atoms with van der Waals surface area (Å²) in [5, 5.41) is 15.2. The van der Waals surface area contributed by atoms with Gasteiger partial charge in [-0.1, -0.05) is 49.1 Å². The first-order valence-corrected chi connectivity index (χ1v) is 7.89. The molecule has 0 unspecified atom stereocenters. The van der Waals surface area contributed by atoms with Gasteiger partial charge in [0.05, 0.1) is 0 Å². The minimum Gasteiger partial charge on any atom is -0.386 e. The van der Waals surface area contributed by atoms with Crippen LogP contribution in [0.1, 0.15) is 43.2 Å². The molecule has 0 aliphatic heterocycles. The Morgan fingerprint density at radius 1 is 1.36 bits per heavy atom. The second kappa shape index (κ2) is 8.23. The fourth-order valence-corrected chi connectivity index (χ4v) is 2.75. The van der Waals surface area contributed by atoms with Gasteiger partial charge in [0.2, 0.25) is 0 Å². The highest BCUT2D eigenvalue weighted by molar-refractivity contribution is 5.97. The van der Waals surface area contributed by atoms with Crippen LogP contribution in [0.25, 0.3) is 0 Å². The Bertz CT molecular complexity index is 580. The number of carbonyl (C=O) groups excluding carboxylic acids is 1. The maximum atomic E-state index is 12.1. The Hall–Kier alpha value is -2.28. The predicted octanol–water partition coefficient (Wildman–Crippen LogP) is 2.94. The molecule has 0 spiro atoms. The lowest BCUT2D eigenvalue weighted by molar-refractivity contribution is -0.118. The largest absolute Gasteiger partial charge is 0.386 e. The van der Waals surface area contributed by atoms with Crippen molar-refractivity contribution in [3.05, 3.63) is 47.2 Å². The smallest absolute Gasteiger partial charge is 0.263 e. The molecule has 116 valence electrons. The van der Waals surface area contributed by atoms with Crippen LogP contribution in [0.15, 0.2) is 36.0 Å². The molecule has 2 rings (SSSR count). The van der Waals surface area contributed by atoms with E-state index in [1.807, 2.05) is 31.2 Å². The van der Waals surface area contributed by atoms with Gasteiger partial charge in [0.25, 0.3) is 5.91 Å². The first kappa shape index (κ1) is 16.1. The number of nitrogens with zero attached hydrogens (tertiary/aromatic N) is 1. The van der Waals surface area contributed by atoms with E-state index in [4.69, 9.17) is 5.26 Å². The van der Waals surface area contributed by atoms with Gasteiger partial charge in [0.15, 0.2) is 0 Å². The summed E-state index contributed by atoms with van der Waals surface area (Å²) in [6, 6.07) is 10.3. The third-order valence-electron chi connectivity index (χ3n) is 3.94. The number of carbonyl (C=O) groups is 1. The molecule has 22 heavy (non-hydrogen) atoms. The summed E-state index contributed by atoms with van der Waals surface area (Å²) in [6.45, 7) is 2.64. The Balaban J connectivity index is 1.87. The zero-order chi connectivity index (χ0) is 15.8. The van der Waals surface area contributed by atoms with Gasteiger partial charge in [0.1, 0.15) is 11.6 Å². The van der Waals surface area contributed by atoms with Gasteiger partial charge < -0.3 is 10.6 Å². The molecule has 1 amide bonds. The standard InChI is InChI=1S/C18H23N3O/c1-14-6-5-7-15(10-14)12-20-13-16(11-19)18(22)21-17-8-3-2-4-9-17/h5-7,10,13,17,20H,2-4,8-9,12H2,1H3,(H,21,22)/b16-13-. The summed E-state index contributed by atoms with van der Waals surface area (Å²) in [6.07, 6.45) is 7.10. The van der Waals surface area contributed by atoms with E-state index in [0.717, 1.165) is 31.2 Å². The fourth-order valence-electron chi connectivity index (χ4n) is 2.75. The molecule has 1 aliphatic carbocycles. The van der Waals surface area contributed by atoms with Crippen molar-refractivity contribution in [1.82, 2.24) is 10.6 Å². The molecule has 1 saturated carbocycles.